The van der Waals surface area contributed by atoms with Crippen molar-refractivity contribution in [1.82, 2.24) is 9.21 Å². The third-order valence-corrected chi connectivity index (χ3v) is 2.77. The lowest BCUT2D eigenvalue weighted by molar-refractivity contribution is 0.0971. The molecule has 2 fully saturated rings. The van der Waals surface area contributed by atoms with Gasteiger partial charge in [0.05, 0.1) is 6.04 Å². The van der Waals surface area contributed by atoms with Crippen LogP contribution in [-0.2, 0) is 0 Å². The summed E-state index contributed by atoms with van der Waals surface area (Å²) in [6, 6.07) is -0.166. The first-order valence-corrected chi connectivity index (χ1v) is 4.03. The van der Waals surface area contributed by atoms with E-state index in [0.717, 1.165) is 6.42 Å². The third kappa shape index (κ3) is 0.903. The van der Waals surface area contributed by atoms with Crippen LogP contribution in [0.5, 0.6) is 0 Å². The lowest BCUT2D eigenvalue weighted by Crippen LogP contribution is -2.36. The number of alkyl halides is 1. The predicted octanol–water partition coefficient (Wildman–Crippen LogP) is 1.03. The summed E-state index contributed by atoms with van der Waals surface area (Å²) in [7, 11) is 0. The fourth-order valence-corrected chi connectivity index (χ4v) is 1.91. The third-order valence-electron chi connectivity index (χ3n) is 2.27. The van der Waals surface area contributed by atoms with Gasteiger partial charge in [0.15, 0.2) is 6.30 Å². The number of hydrogen-bond donors (Lipinski definition) is 1. The second kappa shape index (κ2) is 2.27. The zero-order chi connectivity index (χ0) is 8.01. The van der Waals surface area contributed by atoms with Crippen LogP contribution in [0.2, 0.25) is 0 Å². The Bertz CT molecular complexity index is 201. The van der Waals surface area contributed by atoms with Crippen molar-refractivity contribution in [3.05, 3.63) is 0 Å². The molecule has 0 N–H and O–H groups in total. The predicted molar refractivity (Wildman–Crippen MR) is 40.8 cm³/mol. The van der Waals surface area contributed by atoms with E-state index in [9.17, 15) is 9.18 Å². The smallest absolute Gasteiger partial charge is 0.291 e. The highest BCUT2D eigenvalue weighted by molar-refractivity contribution is 7.78. The Morgan fingerprint density at radius 2 is 2.27 bits per heavy atom. The van der Waals surface area contributed by atoms with E-state index in [0.29, 0.717) is 13.0 Å². The molecule has 2 aliphatic rings. The second-order valence-corrected chi connectivity index (χ2v) is 3.38. The summed E-state index contributed by atoms with van der Waals surface area (Å²) in [5, 5.41) is 0. The monoisotopic (exact) mass is 176 g/mol. The SMILES string of the molecule is O=C1N(S)[C@@H]2CC[C@H](F)N1C2. The number of hydrogen-bond acceptors (Lipinski definition) is 2. The Balaban J connectivity index is 2.22. The quantitative estimate of drug-likeness (QED) is 0.432. The maximum absolute atomic E-state index is 12.9. The largest absolute Gasteiger partial charge is 0.332 e. The number of carbonyl (C=O) groups is 1. The summed E-state index contributed by atoms with van der Waals surface area (Å²) in [4.78, 5) is 12.4. The van der Waals surface area contributed by atoms with Crippen molar-refractivity contribution in [2.45, 2.75) is 25.2 Å². The van der Waals surface area contributed by atoms with Gasteiger partial charge in [-0.05, 0) is 12.8 Å². The van der Waals surface area contributed by atoms with E-state index in [1.807, 2.05) is 0 Å². The van der Waals surface area contributed by atoms with Crippen molar-refractivity contribution in [2.75, 3.05) is 6.54 Å². The number of urea groups is 1. The van der Waals surface area contributed by atoms with Crippen LogP contribution in [0.25, 0.3) is 0 Å². The van der Waals surface area contributed by atoms with E-state index in [1.54, 1.807) is 0 Å². The van der Waals surface area contributed by atoms with Crippen LogP contribution in [0.4, 0.5) is 9.18 Å². The highest BCUT2D eigenvalue weighted by atomic mass is 32.1. The molecule has 0 aromatic rings. The van der Waals surface area contributed by atoms with E-state index in [-0.39, 0.29) is 12.1 Å². The molecule has 11 heavy (non-hydrogen) atoms. The number of fused-ring (bicyclic) bond motifs is 2. The van der Waals surface area contributed by atoms with Gasteiger partial charge in [0.25, 0.3) is 0 Å². The van der Waals surface area contributed by atoms with Gasteiger partial charge in [-0.2, -0.15) is 0 Å². The Labute approximate surface area is 69.7 Å². The Hall–Kier alpha value is -0.450. The normalized spacial score (nSPS) is 36.7. The Morgan fingerprint density at radius 3 is 2.91 bits per heavy atom. The molecule has 2 saturated heterocycles. The molecule has 0 radical (unpaired) electrons. The molecule has 62 valence electrons. The maximum atomic E-state index is 12.9. The van der Waals surface area contributed by atoms with E-state index in [1.165, 1.54) is 9.21 Å². The Kier molecular flexibility index (Phi) is 1.49. The lowest BCUT2D eigenvalue weighted by atomic mass is 10.1. The van der Waals surface area contributed by atoms with Crippen LogP contribution in [0.15, 0.2) is 0 Å². The van der Waals surface area contributed by atoms with Crippen LogP contribution in [0.1, 0.15) is 12.8 Å². The fourth-order valence-electron chi connectivity index (χ4n) is 1.60. The fraction of sp³-hybridized carbons (Fsp3) is 0.833. The molecule has 0 aliphatic carbocycles. The highest BCUT2D eigenvalue weighted by Crippen LogP contribution is 2.30. The molecule has 2 heterocycles. The molecule has 0 unspecified atom stereocenters. The summed E-state index contributed by atoms with van der Waals surface area (Å²) in [6.45, 7) is 0.503. The van der Waals surface area contributed by atoms with Gasteiger partial charge in [-0.25, -0.2) is 9.18 Å². The van der Waals surface area contributed by atoms with E-state index in [2.05, 4.69) is 12.8 Å². The van der Waals surface area contributed by atoms with Gasteiger partial charge in [0, 0.05) is 6.54 Å². The second-order valence-electron chi connectivity index (χ2n) is 2.95. The van der Waals surface area contributed by atoms with Gasteiger partial charge < -0.3 is 0 Å². The van der Waals surface area contributed by atoms with Gasteiger partial charge in [0.2, 0.25) is 0 Å². The lowest BCUT2D eigenvalue weighted by Gasteiger charge is -2.23. The summed E-state index contributed by atoms with van der Waals surface area (Å²) >= 11 is 3.98. The van der Waals surface area contributed by atoms with E-state index < -0.39 is 6.30 Å². The first-order chi connectivity index (χ1) is 5.20. The zero-order valence-corrected chi connectivity index (χ0v) is 6.80. The van der Waals surface area contributed by atoms with Crippen molar-refractivity contribution in [2.24, 2.45) is 0 Å². The van der Waals surface area contributed by atoms with Crippen molar-refractivity contribution >= 4 is 18.8 Å². The summed E-state index contributed by atoms with van der Waals surface area (Å²) in [6.07, 6.45) is 0.0938. The molecule has 5 heteroatoms. The summed E-state index contributed by atoms with van der Waals surface area (Å²) in [5.74, 6) is 0. The summed E-state index contributed by atoms with van der Waals surface area (Å²) in [5.41, 5.74) is 0. The molecule has 2 amide bonds. The number of carbonyl (C=O) groups excluding carboxylic acids is 1. The molecule has 0 aromatic carbocycles. The van der Waals surface area contributed by atoms with Gasteiger partial charge in [0.1, 0.15) is 0 Å². The number of nitrogens with zero attached hydrogens (tertiary/aromatic N) is 2. The van der Waals surface area contributed by atoms with Crippen molar-refractivity contribution in [3.8, 4) is 0 Å². The van der Waals surface area contributed by atoms with Crippen LogP contribution < -0.4 is 0 Å². The standard InChI is InChI=1S/C6H9FN2OS/c7-5-2-1-4-3-8(5)6(10)9(4)11/h4-5,11H,1-3H2/t4-,5-/m1/s1. The molecule has 2 aliphatic heterocycles. The van der Waals surface area contributed by atoms with Crippen molar-refractivity contribution < 1.29 is 9.18 Å². The minimum Gasteiger partial charge on any atom is -0.291 e. The number of rotatable bonds is 0. The molecule has 0 spiro atoms. The molecule has 3 nitrogen and oxygen atoms in total. The molecule has 2 bridgehead atoms. The van der Waals surface area contributed by atoms with Gasteiger partial charge in [-0.3, -0.25) is 9.21 Å². The van der Waals surface area contributed by atoms with E-state index >= 15 is 0 Å². The minimum atomic E-state index is -1.09. The molecular formula is C6H9FN2OS. The number of amides is 2. The van der Waals surface area contributed by atoms with Crippen molar-refractivity contribution in [1.29, 1.82) is 0 Å². The zero-order valence-electron chi connectivity index (χ0n) is 5.90. The number of thiol groups is 1. The minimum absolute atomic E-state index is 0.123. The number of piperidine rings is 1. The topological polar surface area (TPSA) is 23.6 Å². The van der Waals surface area contributed by atoms with Crippen molar-refractivity contribution in [3.63, 3.8) is 0 Å². The summed E-state index contributed by atoms with van der Waals surface area (Å²) < 4.78 is 14.3. The van der Waals surface area contributed by atoms with E-state index in [4.69, 9.17) is 0 Å². The average Bonchev–Trinajstić information content (AvgIpc) is 2.24. The molecule has 2 rings (SSSR count). The van der Waals surface area contributed by atoms with Crippen LogP contribution in [0.3, 0.4) is 0 Å². The molecular weight excluding hydrogens is 167 g/mol. The molecule has 0 saturated carbocycles. The van der Waals surface area contributed by atoms with Gasteiger partial charge >= 0.3 is 6.03 Å². The first kappa shape index (κ1) is 7.21. The first-order valence-electron chi connectivity index (χ1n) is 3.63. The van der Waals surface area contributed by atoms with Crippen LogP contribution in [-0.4, -0.2) is 34.1 Å². The number of halogens is 1. The average molecular weight is 176 g/mol. The molecule has 2 atom stereocenters. The van der Waals surface area contributed by atoms with Crippen LogP contribution in [0, 0.1) is 0 Å². The maximum Gasteiger partial charge on any atom is 0.332 e. The Morgan fingerprint density at radius 1 is 1.55 bits per heavy atom. The van der Waals surface area contributed by atoms with Gasteiger partial charge in [-0.15, -0.1) is 0 Å². The highest BCUT2D eigenvalue weighted by Gasteiger charge is 2.43. The van der Waals surface area contributed by atoms with Gasteiger partial charge in [-0.1, -0.05) is 12.8 Å². The molecule has 0 aromatic heterocycles. The van der Waals surface area contributed by atoms with Crippen LogP contribution >= 0.6 is 12.8 Å².